The van der Waals surface area contributed by atoms with E-state index in [0.29, 0.717) is 33.0 Å². The fourth-order valence-corrected chi connectivity index (χ4v) is 1.25. The highest BCUT2D eigenvalue weighted by Crippen LogP contribution is 1.92. The lowest BCUT2D eigenvalue weighted by atomic mass is 10.2. The Kier molecular flexibility index (Phi) is 8.70. The van der Waals surface area contributed by atoms with Crippen LogP contribution in [0.15, 0.2) is 0 Å². The quantitative estimate of drug-likeness (QED) is 0.637. The van der Waals surface area contributed by atoms with Crippen LogP contribution in [0.2, 0.25) is 0 Å². The van der Waals surface area contributed by atoms with Crippen molar-refractivity contribution in [2.24, 2.45) is 0 Å². The highest BCUT2D eigenvalue weighted by atomic mass is 35.5. The van der Waals surface area contributed by atoms with Gasteiger partial charge in [0.25, 0.3) is 0 Å². The lowest BCUT2D eigenvalue weighted by Crippen LogP contribution is -2.51. The number of hydrogen-bond donors (Lipinski definition) is 2. The first-order valence-electron chi connectivity index (χ1n) is 5.01. The first-order chi connectivity index (χ1) is 6.84. The van der Waals surface area contributed by atoms with Crippen molar-refractivity contribution < 1.29 is 14.3 Å². The van der Waals surface area contributed by atoms with E-state index in [-0.39, 0.29) is 24.4 Å². The highest BCUT2D eigenvalue weighted by molar-refractivity contribution is 5.85. The molecule has 0 spiro atoms. The van der Waals surface area contributed by atoms with Crippen LogP contribution in [-0.4, -0.2) is 51.5 Å². The Morgan fingerprint density at radius 1 is 1.67 bits per heavy atom. The van der Waals surface area contributed by atoms with E-state index in [4.69, 9.17) is 9.47 Å². The average Bonchev–Trinajstić information content (AvgIpc) is 2.25. The van der Waals surface area contributed by atoms with E-state index in [9.17, 15) is 4.79 Å². The Morgan fingerprint density at radius 3 is 3.07 bits per heavy atom. The molecule has 0 aromatic carbocycles. The van der Waals surface area contributed by atoms with Crippen molar-refractivity contribution in [2.45, 2.75) is 13.0 Å². The number of carbonyl (C=O) groups is 1. The molecule has 1 aliphatic rings. The molecule has 15 heavy (non-hydrogen) atoms. The summed E-state index contributed by atoms with van der Waals surface area (Å²) in [7, 11) is 0. The van der Waals surface area contributed by atoms with Gasteiger partial charge in [0.2, 0.25) is 5.91 Å². The van der Waals surface area contributed by atoms with Crippen LogP contribution in [0.25, 0.3) is 0 Å². The van der Waals surface area contributed by atoms with Gasteiger partial charge in [0.1, 0.15) is 6.04 Å². The Hall–Kier alpha value is -0.360. The fourth-order valence-electron chi connectivity index (χ4n) is 1.25. The maximum atomic E-state index is 11.5. The molecule has 1 aliphatic heterocycles. The van der Waals surface area contributed by atoms with Crippen molar-refractivity contribution in [3.63, 3.8) is 0 Å². The molecule has 1 saturated heterocycles. The second-order valence-corrected chi connectivity index (χ2v) is 3.07. The van der Waals surface area contributed by atoms with E-state index < -0.39 is 0 Å². The van der Waals surface area contributed by atoms with Gasteiger partial charge in [0.05, 0.1) is 19.8 Å². The molecule has 1 unspecified atom stereocenters. The largest absolute Gasteiger partial charge is 0.380 e. The molecule has 1 fully saturated rings. The topological polar surface area (TPSA) is 59.6 Å². The summed E-state index contributed by atoms with van der Waals surface area (Å²) in [6.07, 6.45) is 0. The summed E-state index contributed by atoms with van der Waals surface area (Å²) >= 11 is 0. The molecule has 0 bridgehead atoms. The number of ether oxygens (including phenoxy) is 2. The van der Waals surface area contributed by atoms with Gasteiger partial charge in [-0.25, -0.2) is 0 Å². The molecule has 0 aromatic rings. The van der Waals surface area contributed by atoms with Crippen LogP contribution in [0.4, 0.5) is 0 Å². The third-order valence-corrected chi connectivity index (χ3v) is 1.99. The van der Waals surface area contributed by atoms with E-state index in [2.05, 4.69) is 10.6 Å². The first kappa shape index (κ1) is 14.6. The molecule has 1 heterocycles. The Labute approximate surface area is 96.3 Å². The van der Waals surface area contributed by atoms with E-state index >= 15 is 0 Å². The summed E-state index contributed by atoms with van der Waals surface area (Å²) in [6, 6.07) is -0.203. The van der Waals surface area contributed by atoms with Crippen molar-refractivity contribution in [2.75, 3.05) is 39.5 Å². The van der Waals surface area contributed by atoms with Gasteiger partial charge in [-0.1, -0.05) is 0 Å². The standard InChI is InChI=1S/C9H18N2O3.ClH/c1-2-13-5-4-11-9(12)8-7-14-6-3-10-8;/h8,10H,2-7H2,1H3,(H,11,12);1H. The van der Waals surface area contributed by atoms with Crippen molar-refractivity contribution in [1.29, 1.82) is 0 Å². The zero-order valence-electron chi connectivity index (χ0n) is 8.95. The molecule has 0 aromatic heterocycles. The van der Waals surface area contributed by atoms with Gasteiger partial charge in [-0.05, 0) is 6.92 Å². The number of hydrogen-bond acceptors (Lipinski definition) is 4. The monoisotopic (exact) mass is 238 g/mol. The maximum absolute atomic E-state index is 11.5. The molecule has 0 saturated carbocycles. The van der Waals surface area contributed by atoms with Crippen LogP contribution in [-0.2, 0) is 14.3 Å². The number of nitrogens with one attached hydrogen (secondary N) is 2. The van der Waals surface area contributed by atoms with Crippen LogP contribution in [0.5, 0.6) is 0 Å². The van der Waals surface area contributed by atoms with E-state index in [1.54, 1.807) is 0 Å². The summed E-state index contributed by atoms with van der Waals surface area (Å²) in [5.41, 5.74) is 0. The van der Waals surface area contributed by atoms with Gasteiger partial charge < -0.3 is 20.1 Å². The lowest BCUT2D eigenvalue weighted by molar-refractivity contribution is -0.126. The Bertz CT molecular complexity index is 175. The van der Waals surface area contributed by atoms with Gasteiger partial charge in [-0.15, -0.1) is 12.4 Å². The molecule has 0 aliphatic carbocycles. The SMILES string of the molecule is CCOCCNC(=O)C1COCCN1.Cl. The summed E-state index contributed by atoms with van der Waals surface area (Å²) in [6.45, 7) is 5.62. The van der Waals surface area contributed by atoms with Gasteiger partial charge in [0, 0.05) is 19.7 Å². The lowest BCUT2D eigenvalue weighted by Gasteiger charge is -2.22. The number of halogens is 1. The normalized spacial score (nSPS) is 20.5. The van der Waals surface area contributed by atoms with Gasteiger partial charge in [0.15, 0.2) is 0 Å². The smallest absolute Gasteiger partial charge is 0.239 e. The van der Waals surface area contributed by atoms with Gasteiger partial charge in [-0.2, -0.15) is 0 Å². The molecule has 6 heteroatoms. The van der Waals surface area contributed by atoms with Crippen molar-refractivity contribution >= 4 is 18.3 Å². The van der Waals surface area contributed by atoms with E-state index in [1.807, 2.05) is 6.92 Å². The number of rotatable bonds is 5. The molecule has 5 nitrogen and oxygen atoms in total. The van der Waals surface area contributed by atoms with E-state index in [1.165, 1.54) is 0 Å². The highest BCUT2D eigenvalue weighted by Gasteiger charge is 2.20. The molecular weight excluding hydrogens is 220 g/mol. The second-order valence-electron chi connectivity index (χ2n) is 3.07. The first-order valence-corrected chi connectivity index (χ1v) is 5.01. The predicted octanol–water partition coefficient (Wildman–Crippen LogP) is -0.451. The molecule has 90 valence electrons. The maximum Gasteiger partial charge on any atom is 0.239 e. The van der Waals surface area contributed by atoms with Gasteiger partial charge in [-0.3, -0.25) is 4.79 Å². The van der Waals surface area contributed by atoms with Crippen LogP contribution in [0.3, 0.4) is 0 Å². The van der Waals surface area contributed by atoms with Gasteiger partial charge >= 0.3 is 0 Å². The van der Waals surface area contributed by atoms with Crippen LogP contribution >= 0.6 is 12.4 Å². The summed E-state index contributed by atoms with van der Waals surface area (Å²) in [4.78, 5) is 11.5. The molecule has 1 amide bonds. The van der Waals surface area contributed by atoms with E-state index in [0.717, 1.165) is 6.54 Å². The molecule has 1 atom stereocenters. The summed E-state index contributed by atoms with van der Waals surface area (Å²) < 4.78 is 10.3. The van der Waals surface area contributed by atoms with Crippen molar-refractivity contribution in [1.82, 2.24) is 10.6 Å². The average molecular weight is 239 g/mol. The number of morpholine rings is 1. The third kappa shape index (κ3) is 5.94. The minimum Gasteiger partial charge on any atom is -0.380 e. The minimum absolute atomic E-state index is 0. The van der Waals surface area contributed by atoms with Crippen LogP contribution in [0, 0.1) is 0 Å². The van der Waals surface area contributed by atoms with Crippen LogP contribution < -0.4 is 10.6 Å². The minimum atomic E-state index is -0.203. The zero-order valence-corrected chi connectivity index (χ0v) is 9.77. The molecule has 1 rings (SSSR count). The van der Waals surface area contributed by atoms with Crippen LogP contribution in [0.1, 0.15) is 6.92 Å². The molecule has 2 N–H and O–H groups in total. The summed E-state index contributed by atoms with van der Waals surface area (Å²) in [5.74, 6) is -0.00981. The Morgan fingerprint density at radius 2 is 2.47 bits per heavy atom. The number of carbonyl (C=O) groups excluding carboxylic acids is 1. The Balaban J connectivity index is 0.00000196. The second kappa shape index (κ2) is 8.91. The fraction of sp³-hybridized carbons (Fsp3) is 0.889. The van der Waals surface area contributed by atoms with Crippen molar-refractivity contribution in [3.8, 4) is 0 Å². The molecule has 0 radical (unpaired) electrons. The zero-order chi connectivity index (χ0) is 10.2. The third-order valence-electron chi connectivity index (χ3n) is 1.99. The molecular formula is C9H19ClN2O3. The number of amides is 1. The predicted molar refractivity (Wildman–Crippen MR) is 59.4 cm³/mol. The van der Waals surface area contributed by atoms with Crippen molar-refractivity contribution in [3.05, 3.63) is 0 Å². The summed E-state index contributed by atoms with van der Waals surface area (Å²) in [5, 5.41) is 5.86.